The Balaban J connectivity index is 0.000000606. The second kappa shape index (κ2) is 7.46. The van der Waals surface area contributed by atoms with Crippen molar-refractivity contribution >= 4 is 0 Å². The third-order valence-electron chi connectivity index (χ3n) is 1.86. The molecule has 2 heteroatoms. The fourth-order valence-corrected chi connectivity index (χ4v) is 1.16. The van der Waals surface area contributed by atoms with Gasteiger partial charge in [0.1, 0.15) is 12.4 Å². The first-order valence-electron chi connectivity index (χ1n) is 5.53. The van der Waals surface area contributed by atoms with Crippen LogP contribution in [0.15, 0.2) is 54.7 Å². The van der Waals surface area contributed by atoms with Gasteiger partial charge in [-0.2, -0.15) is 0 Å². The van der Waals surface area contributed by atoms with Crippen molar-refractivity contribution in [1.82, 2.24) is 4.98 Å². The molecule has 0 aliphatic heterocycles. The Bertz CT molecular complexity index is 333. The zero-order valence-corrected chi connectivity index (χ0v) is 9.76. The van der Waals surface area contributed by atoms with Gasteiger partial charge in [-0.25, -0.2) is 0 Å². The molecule has 0 saturated heterocycles. The van der Waals surface area contributed by atoms with Crippen molar-refractivity contribution in [3.05, 3.63) is 60.4 Å². The van der Waals surface area contributed by atoms with Crippen molar-refractivity contribution in [2.75, 3.05) is 0 Å². The SMILES string of the molecule is CC.c1ccc(OCc2ccccn2)cc1. The molecule has 2 aromatic rings. The summed E-state index contributed by atoms with van der Waals surface area (Å²) in [6, 6.07) is 15.5. The molecule has 0 fully saturated rings. The number of hydrogen-bond donors (Lipinski definition) is 0. The average molecular weight is 215 g/mol. The summed E-state index contributed by atoms with van der Waals surface area (Å²) in [5.74, 6) is 0.873. The van der Waals surface area contributed by atoms with Crippen molar-refractivity contribution < 1.29 is 4.74 Å². The third-order valence-corrected chi connectivity index (χ3v) is 1.86. The van der Waals surface area contributed by atoms with E-state index in [1.807, 2.05) is 62.4 Å². The Morgan fingerprint density at radius 2 is 1.62 bits per heavy atom. The Kier molecular flexibility index (Phi) is 5.71. The van der Waals surface area contributed by atoms with Gasteiger partial charge in [0.15, 0.2) is 0 Å². The second-order valence-electron chi connectivity index (χ2n) is 2.92. The van der Waals surface area contributed by atoms with Crippen molar-refractivity contribution in [3.8, 4) is 5.75 Å². The maximum absolute atomic E-state index is 5.53. The maximum atomic E-state index is 5.53. The first-order chi connectivity index (χ1) is 7.95. The topological polar surface area (TPSA) is 22.1 Å². The van der Waals surface area contributed by atoms with Crippen LogP contribution in [0.1, 0.15) is 19.5 Å². The summed E-state index contributed by atoms with van der Waals surface area (Å²) in [6.45, 7) is 4.52. The monoisotopic (exact) mass is 215 g/mol. The molecule has 2 rings (SSSR count). The molecule has 0 aliphatic carbocycles. The summed E-state index contributed by atoms with van der Waals surface area (Å²) in [4.78, 5) is 4.17. The minimum absolute atomic E-state index is 0.519. The highest BCUT2D eigenvalue weighted by atomic mass is 16.5. The minimum Gasteiger partial charge on any atom is -0.487 e. The van der Waals surface area contributed by atoms with E-state index in [-0.39, 0.29) is 0 Å². The molecule has 0 radical (unpaired) electrons. The van der Waals surface area contributed by atoms with Gasteiger partial charge >= 0.3 is 0 Å². The van der Waals surface area contributed by atoms with Crippen LogP contribution in [0, 0.1) is 0 Å². The summed E-state index contributed by atoms with van der Waals surface area (Å²) in [5, 5.41) is 0. The van der Waals surface area contributed by atoms with Crippen LogP contribution in [0.3, 0.4) is 0 Å². The lowest BCUT2D eigenvalue weighted by Gasteiger charge is -2.04. The molecule has 0 unspecified atom stereocenters. The van der Waals surface area contributed by atoms with E-state index in [2.05, 4.69) is 4.98 Å². The van der Waals surface area contributed by atoms with Crippen LogP contribution in [0.5, 0.6) is 5.75 Å². The smallest absolute Gasteiger partial charge is 0.130 e. The van der Waals surface area contributed by atoms with Gasteiger partial charge in [0.25, 0.3) is 0 Å². The van der Waals surface area contributed by atoms with Gasteiger partial charge < -0.3 is 4.74 Å². The van der Waals surface area contributed by atoms with E-state index < -0.39 is 0 Å². The van der Waals surface area contributed by atoms with Crippen LogP contribution >= 0.6 is 0 Å². The Labute approximate surface area is 96.9 Å². The molecule has 0 bridgehead atoms. The molecule has 1 aromatic heterocycles. The molecular weight excluding hydrogens is 198 g/mol. The Morgan fingerprint density at radius 1 is 0.938 bits per heavy atom. The van der Waals surface area contributed by atoms with Gasteiger partial charge in [0.2, 0.25) is 0 Å². The highest BCUT2D eigenvalue weighted by Gasteiger charge is 1.94. The maximum Gasteiger partial charge on any atom is 0.130 e. The van der Waals surface area contributed by atoms with Gasteiger partial charge in [-0.1, -0.05) is 38.1 Å². The highest BCUT2D eigenvalue weighted by molar-refractivity contribution is 5.21. The fraction of sp³-hybridized carbons (Fsp3) is 0.214. The normalized spacial score (nSPS) is 8.88. The van der Waals surface area contributed by atoms with Gasteiger partial charge in [-0.05, 0) is 24.3 Å². The number of rotatable bonds is 3. The predicted molar refractivity (Wildman–Crippen MR) is 66.4 cm³/mol. The Morgan fingerprint density at radius 3 is 2.25 bits per heavy atom. The number of para-hydroxylation sites is 1. The summed E-state index contributed by atoms with van der Waals surface area (Å²) >= 11 is 0. The van der Waals surface area contributed by atoms with E-state index in [0.717, 1.165) is 11.4 Å². The van der Waals surface area contributed by atoms with Crippen LogP contribution in [0.25, 0.3) is 0 Å². The molecule has 0 spiro atoms. The number of benzene rings is 1. The average Bonchev–Trinajstić information content (AvgIpc) is 2.41. The van der Waals surface area contributed by atoms with E-state index in [1.54, 1.807) is 6.20 Å². The molecule has 0 N–H and O–H groups in total. The van der Waals surface area contributed by atoms with Crippen LogP contribution in [-0.4, -0.2) is 4.98 Å². The van der Waals surface area contributed by atoms with Gasteiger partial charge in [0, 0.05) is 6.20 Å². The molecule has 0 saturated carbocycles. The van der Waals surface area contributed by atoms with Crippen LogP contribution < -0.4 is 4.74 Å². The van der Waals surface area contributed by atoms with Crippen molar-refractivity contribution in [3.63, 3.8) is 0 Å². The van der Waals surface area contributed by atoms with Crippen molar-refractivity contribution in [2.45, 2.75) is 20.5 Å². The zero-order chi connectivity index (χ0) is 11.6. The standard InChI is InChI=1S/C12H11NO.C2H6/c1-2-7-12(8-3-1)14-10-11-6-4-5-9-13-11;1-2/h1-9H,10H2;1-2H3. The zero-order valence-electron chi connectivity index (χ0n) is 9.76. The lowest BCUT2D eigenvalue weighted by atomic mass is 10.3. The number of aromatic nitrogens is 1. The van der Waals surface area contributed by atoms with Crippen LogP contribution in [0.4, 0.5) is 0 Å². The summed E-state index contributed by atoms with van der Waals surface area (Å²) < 4.78 is 5.53. The summed E-state index contributed by atoms with van der Waals surface area (Å²) in [7, 11) is 0. The minimum atomic E-state index is 0.519. The third kappa shape index (κ3) is 4.13. The molecule has 84 valence electrons. The number of hydrogen-bond acceptors (Lipinski definition) is 2. The van der Waals surface area contributed by atoms with E-state index in [4.69, 9.17) is 4.74 Å². The summed E-state index contributed by atoms with van der Waals surface area (Å²) in [5.41, 5.74) is 0.941. The number of pyridine rings is 1. The number of ether oxygens (including phenoxy) is 1. The van der Waals surface area contributed by atoms with Gasteiger partial charge in [-0.3, -0.25) is 4.98 Å². The fourth-order valence-electron chi connectivity index (χ4n) is 1.16. The van der Waals surface area contributed by atoms with Gasteiger partial charge in [0.05, 0.1) is 5.69 Å². The second-order valence-corrected chi connectivity index (χ2v) is 2.92. The predicted octanol–water partition coefficient (Wildman–Crippen LogP) is 3.69. The molecular formula is C14H17NO. The lowest BCUT2D eigenvalue weighted by Crippen LogP contribution is -1.96. The molecule has 2 nitrogen and oxygen atoms in total. The molecule has 0 atom stereocenters. The van der Waals surface area contributed by atoms with E-state index in [0.29, 0.717) is 6.61 Å². The van der Waals surface area contributed by atoms with Crippen LogP contribution in [-0.2, 0) is 6.61 Å². The Hall–Kier alpha value is -1.83. The highest BCUT2D eigenvalue weighted by Crippen LogP contribution is 2.10. The van der Waals surface area contributed by atoms with E-state index in [1.165, 1.54) is 0 Å². The first kappa shape index (κ1) is 12.2. The van der Waals surface area contributed by atoms with Crippen molar-refractivity contribution in [2.24, 2.45) is 0 Å². The summed E-state index contributed by atoms with van der Waals surface area (Å²) in [6.07, 6.45) is 1.77. The van der Waals surface area contributed by atoms with E-state index in [9.17, 15) is 0 Å². The van der Waals surface area contributed by atoms with Crippen LogP contribution in [0.2, 0.25) is 0 Å². The first-order valence-corrected chi connectivity index (χ1v) is 5.53. The van der Waals surface area contributed by atoms with Crippen molar-refractivity contribution in [1.29, 1.82) is 0 Å². The number of nitrogens with zero attached hydrogens (tertiary/aromatic N) is 1. The molecule has 16 heavy (non-hydrogen) atoms. The molecule has 0 aliphatic rings. The van der Waals surface area contributed by atoms with Gasteiger partial charge in [-0.15, -0.1) is 0 Å². The molecule has 1 heterocycles. The van der Waals surface area contributed by atoms with E-state index >= 15 is 0 Å². The lowest BCUT2D eigenvalue weighted by molar-refractivity contribution is 0.301. The quantitative estimate of drug-likeness (QED) is 0.779. The molecule has 1 aromatic carbocycles. The molecule has 0 amide bonds. The largest absolute Gasteiger partial charge is 0.487 e.